The van der Waals surface area contributed by atoms with Crippen molar-refractivity contribution < 1.29 is 0 Å². The molecule has 0 aliphatic heterocycles. The van der Waals surface area contributed by atoms with Crippen molar-refractivity contribution in [2.24, 2.45) is 0 Å². The number of imidazole rings is 1. The van der Waals surface area contributed by atoms with Crippen LogP contribution in [0.4, 0.5) is 5.95 Å². The van der Waals surface area contributed by atoms with E-state index in [4.69, 9.17) is 0 Å². The lowest BCUT2D eigenvalue weighted by Crippen LogP contribution is -2.18. The van der Waals surface area contributed by atoms with E-state index in [1.54, 1.807) is 0 Å². The molecule has 0 atom stereocenters. The Labute approximate surface area is 126 Å². The number of benzene rings is 1. The molecule has 2 aliphatic carbocycles. The summed E-state index contributed by atoms with van der Waals surface area (Å²) in [7, 11) is 0. The number of nitrogens with zero attached hydrogens (tertiary/aromatic N) is 2. The van der Waals surface area contributed by atoms with E-state index < -0.39 is 0 Å². The number of fused-ring (bicyclic) bond motifs is 1. The summed E-state index contributed by atoms with van der Waals surface area (Å²) in [5.41, 5.74) is 4.38. The quantitative estimate of drug-likeness (QED) is 0.917. The van der Waals surface area contributed by atoms with Gasteiger partial charge in [-0.2, -0.15) is 0 Å². The molecule has 4 rings (SSSR count). The van der Waals surface area contributed by atoms with Crippen LogP contribution >= 0.6 is 0 Å². The van der Waals surface area contributed by atoms with Crippen molar-refractivity contribution in [2.45, 2.75) is 57.4 Å². The van der Waals surface area contributed by atoms with Gasteiger partial charge in [0.2, 0.25) is 5.95 Å². The average Bonchev–Trinajstić information content (AvgIpc) is 3.19. The lowest BCUT2D eigenvalue weighted by Gasteiger charge is -2.21. The van der Waals surface area contributed by atoms with Crippen molar-refractivity contribution >= 4 is 5.95 Å². The Morgan fingerprint density at radius 3 is 2.81 bits per heavy atom. The van der Waals surface area contributed by atoms with Crippen molar-refractivity contribution in [3.63, 3.8) is 0 Å². The summed E-state index contributed by atoms with van der Waals surface area (Å²) in [4.78, 5) is 4.56. The molecule has 3 heteroatoms. The third kappa shape index (κ3) is 2.45. The molecule has 0 saturated heterocycles. The number of aryl methyl sites for hydroxylation is 1. The van der Waals surface area contributed by atoms with Gasteiger partial charge in [-0.15, -0.1) is 0 Å². The minimum Gasteiger partial charge on any atom is -0.353 e. The van der Waals surface area contributed by atoms with Crippen LogP contribution < -0.4 is 5.32 Å². The number of rotatable bonds is 3. The lowest BCUT2D eigenvalue weighted by atomic mass is 9.90. The molecular formula is C18H23N3. The fourth-order valence-electron chi connectivity index (χ4n) is 3.84. The van der Waals surface area contributed by atoms with Crippen molar-refractivity contribution in [1.29, 1.82) is 0 Å². The van der Waals surface area contributed by atoms with E-state index in [0.29, 0.717) is 6.04 Å². The van der Waals surface area contributed by atoms with Crippen molar-refractivity contribution in [2.75, 3.05) is 5.32 Å². The first kappa shape index (κ1) is 12.9. The number of aromatic nitrogens is 2. The Kier molecular flexibility index (Phi) is 3.42. The molecule has 1 saturated carbocycles. The maximum Gasteiger partial charge on any atom is 0.207 e. The molecule has 0 spiro atoms. The first-order valence-corrected chi connectivity index (χ1v) is 8.33. The summed E-state index contributed by atoms with van der Waals surface area (Å²) in [6.07, 6.45) is 14.3. The average molecular weight is 281 g/mol. The van der Waals surface area contributed by atoms with Crippen LogP contribution in [-0.2, 0) is 12.8 Å². The first-order chi connectivity index (χ1) is 10.4. The Bertz CT molecular complexity index is 623. The van der Waals surface area contributed by atoms with Crippen LogP contribution in [0, 0.1) is 0 Å². The molecule has 1 N–H and O–H groups in total. The standard InChI is InChI=1S/C18H23N3/c1-4-10-16-14(6-1)7-5-11-17(16)21-13-12-19-18(21)20-15-8-2-3-9-15/h5,7,11-13,15H,1-4,6,8-10H2,(H,19,20). The summed E-state index contributed by atoms with van der Waals surface area (Å²) < 4.78 is 2.25. The molecule has 1 heterocycles. The molecule has 0 unspecified atom stereocenters. The van der Waals surface area contributed by atoms with Gasteiger partial charge in [-0.3, -0.25) is 4.57 Å². The second kappa shape index (κ2) is 5.55. The normalized spacial score (nSPS) is 18.7. The van der Waals surface area contributed by atoms with Crippen molar-refractivity contribution in [3.05, 3.63) is 41.7 Å². The Morgan fingerprint density at radius 1 is 1.05 bits per heavy atom. The highest BCUT2D eigenvalue weighted by molar-refractivity contribution is 5.51. The Morgan fingerprint density at radius 2 is 1.90 bits per heavy atom. The van der Waals surface area contributed by atoms with Gasteiger partial charge in [0.25, 0.3) is 0 Å². The number of hydrogen-bond acceptors (Lipinski definition) is 2. The summed E-state index contributed by atoms with van der Waals surface area (Å²) in [6.45, 7) is 0. The second-order valence-electron chi connectivity index (χ2n) is 6.37. The van der Waals surface area contributed by atoms with E-state index in [2.05, 4.69) is 39.3 Å². The van der Waals surface area contributed by atoms with E-state index >= 15 is 0 Å². The van der Waals surface area contributed by atoms with E-state index in [-0.39, 0.29) is 0 Å². The minimum absolute atomic E-state index is 0.602. The zero-order chi connectivity index (χ0) is 14.1. The van der Waals surface area contributed by atoms with E-state index in [9.17, 15) is 0 Å². The highest BCUT2D eigenvalue weighted by Crippen LogP contribution is 2.29. The predicted octanol–water partition coefficient (Wildman–Crippen LogP) is 4.11. The smallest absolute Gasteiger partial charge is 0.207 e. The molecule has 3 nitrogen and oxygen atoms in total. The third-order valence-corrected chi connectivity index (χ3v) is 4.96. The molecule has 21 heavy (non-hydrogen) atoms. The van der Waals surface area contributed by atoms with Crippen LogP contribution in [0.1, 0.15) is 49.7 Å². The third-order valence-electron chi connectivity index (χ3n) is 4.96. The summed E-state index contributed by atoms with van der Waals surface area (Å²) in [5.74, 6) is 1.01. The molecule has 2 aliphatic rings. The molecule has 1 aromatic carbocycles. The fraction of sp³-hybridized carbons (Fsp3) is 0.500. The number of hydrogen-bond donors (Lipinski definition) is 1. The Balaban J connectivity index is 1.69. The van der Waals surface area contributed by atoms with Crippen LogP contribution in [0.25, 0.3) is 5.69 Å². The van der Waals surface area contributed by atoms with Crippen LogP contribution in [0.3, 0.4) is 0 Å². The maximum absolute atomic E-state index is 4.56. The lowest BCUT2D eigenvalue weighted by molar-refractivity contribution is 0.680. The zero-order valence-electron chi connectivity index (χ0n) is 12.5. The van der Waals surface area contributed by atoms with Crippen LogP contribution in [0.2, 0.25) is 0 Å². The topological polar surface area (TPSA) is 29.9 Å². The predicted molar refractivity (Wildman–Crippen MR) is 86.1 cm³/mol. The highest BCUT2D eigenvalue weighted by Gasteiger charge is 2.19. The van der Waals surface area contributed by atoms with Crippen molar-refractivity contribution in [3.8, 4) is 5.69 Å². The van der Waals surface area contributed by atoms with Gasteiger partial charge in [0.1, 0.15) is 0 Å². The van der Waals surface area contributed by atoms with E-state index in [1.165, 1.54) is 68.2 Å². The van der Waals surface area contributed by atoms with Crippen LogP contribution in [0.15, 0.2) is 30.6 Å². The van der Waals surface area contributed by atoms with E-state index in [1.807, 2.05) is 6.20 Å². The van der Waals surface area contributed by atoms with E-state index in [0.717, 1.165) is 5.95 Å². The number of anilines is 1. The molecule has 1 fully saturated rings. The largest absolute Gasteiger partial charge is 0.353 e. The molecule has 0 amide bonds. The van der Waals surface area contributed by atoms with Gasteiger partial charge in [-0.25, -0.2) is 4.98 Å². The minimum atomic E-state index is 0.602. The van der Waals surface area contributed by atoms with Gasteiger partial charge >= 0.3 is 0 Å². The van der Waals surface area contributed by atoms with Crippen LogP contribution in [-0.4, -0.2) is 15.6 Å². The summed E-state index contributed by atoms with van der Waals surface area (Å²) in [6, 6.07) is 7.33. The van der Waals surface area contributed by atoms with Gasteiger partial charge in [0.15, 0.2) is 0 Å². The Hall–Kier alpha value is -1.77. The molecule has 0 bridgehead atoms. The van der Waals surface area contributed by atoms with Gasteiger partial charge in [0, 0.05) is 18.4 Å². The zero-order valence-corrected chi connectivity index (χ0v) is 12.5. The summed E-state index contributed by atoms with van der Waals surface area (Å²) >= 11 is 0. The summed E-state index contributed by atoms with van der Waals surface area (Å²) in [5, 5.41) is 3.65. The molecule has 1 aromatic heterocycles. The molecule has 2 aromatic rings. The van der Waals surface area contributed by atoms with Gasteiger partial charge in [-0.05, 0) is 55.7 Å². The van der Waals surface area contributed by atoms with Gasteiger partial charge in [0.05, 0.1) is 5.69 Å². The van der Waals surface area contributed by atoms with Gasteiger partial charge < -0.3 is 5.32 Å². The molecule has 110 valence electrons. The molecular weight excluding hydrogens is 258 g/mol. The maximum atomic E-state index is 4.56. The monoisotopic (exact) mass is 281 g/mol. The number of nitrogens with one attached hydrogen (secondary N) is 1. The van der Waals surface area contributed by atoms with Crippen molar-refractivity contribution in [1.82, 2.24) is 9.55 Å². The van der Waals surface area contributed by atoms with Crippen LogP contribution in [0.5, 0.6) is 0 Å². The van der Waals surface area contributed by atoms with Gasteiger partial charge in [-0.1, -0.05) is 25.0 Å². The second-order valence-corrected chi connectivity index (χ2v) is 6.37. The highest BCUT2D eigenvalue weighted by atomic mass is 15.2. The molecule has 0 radical (unpaired) electrons. The first-order valence-electron chi connectivity index (χ1n) is 8.33. The SMILES string of the molecule is c1cc2c(c(-n3ccnc3NC3CCCC3)c1)CCCC2. The fourth-order valence-corrected chi connectivity index (χ4v) is 3.84.